The largest absolute Gasteiger partial charge is 0.493 e. The predicted molar refractivity (Wildman–Crippen MR) is 205 cm³/mol. The van der Waals surface area contributed by atoms with Crippen LogP contribution in [0.15, 0.2) is 79.0 Å². The van der Waals surface area contributed by atoms with Gasteiger partial charge in [-0.25, -0.2) is 0 Å². The van der Waals surface area contributed by atoms with Crippen LogP contribution in [0.25, 0.3) is 0 Å². The number of thioether (sulfide) groups is 2. The van der Waals surface area contributed by atoms with Crippen molar-refractivity contribution in [3.8, 4) is 11.5 Å². The molecule has 2 fully saturated rings. The molecule has 14 heteroatoms. The zero-order valence-electron chi connectivity index (χ0n) is 31.0. The molecule has 1 N–H and O–H groups in total. The molecule has 3 atom stereocenters. The van der Waals surface area contributed by atoms with Crippen molar-refractivity contribution in [1.29, 1.82) is 0 Å². The fourth-order valence-electron chi connectivity index (χ4n) is 6.19. The first-order chi connectivity index (χ1) is 26.3. The highest BCUT2D eigenvalue weighted by molar-refractivity contribution is 8.16. The van der Waals surface area contributed by atoms with Crippen molar-refractivity contribution in [3.05, 3.63) is 119 Å². The molecule has 3 unspecified atom stereocenters. The minimum atomic E-state index is -0.982. The SMILES string of the molecule is CCc1ccc(C(COc2ccc(CC3(C)SC(=O)N(Cc4ccc(CCOc5ccc(CC6(C)SC(=O)NC6=O)cc5)cn4)C3=O)cc2)OC(C)=O)c#[n+]1. The zero-order valence-corrected chi connectivity index (χ0v) is 32.6. The number of amides is 4. The third-order valence-corrected chi connectivity index (χ3v) is 11.5. The fourth-order valence-corrected chi connectivity index (χ4v) is 8.20. The van der Waals surface area contributed by atoms with Gasteiger partial charge in [-0.3, -0.25) is 39.2 Å². The number of hydrogen-bond donors (Lipinski definition) is 1. The topological polar surface area (TPSA) is 155 Å². The molecule has 4 aromatic rings. The quantitative estimate of drug-likeness (QED) is 0.136. The van der Waals surface area contributed by atoms with E-state index >= 15 is 0 Å². The average Bonchev–Trinajstić information content (AvgIpc) is 3.54. The van der Waals surface area contributed by atoms with Crippen molar-refractivity contribution in [1.82, 2.24) is 15.2 Å². The third-order valence-electron chi connectivity index (χ3n) is 9.24. The van der Waals surface area contributed by atoms with Gasteiger partial charge in [0.1, 0.15) is 33.2 Å². The number of imide groups is 2. The minimum absolute atomic E-state index is 0.0706. The average molecular weight is 782 g/mol. The Hall–Kier alpha value is -5.39. The van der Waals surface area contributed by atoms with Crippen molar-refractivity contribution >= 4 is 51.8 Å². The second-order valence-corrected chi connectivity index (χ2v) is 16.7. The number of carbonyl (C=O) groups is 5. The Kier molecular flexibility index (Phi) is 12.1. The van der Waals surface area contributed by atoms with E-state index in [9.17, 15) is 24.0 Å². The molecule has 0 spiro atoms. The van der Waals surface area contributed by atoms with Gasteiger partial charge in [-0.1, -0.05) is 37.3 Å². The summed E-state index contributed by atoms with van der Waals surface area (Å²) in [6.45, 7) is 7.43. The summed E-state index contributed by atoms with van der Waals surface area (Å²) in [5.74, 6) is 0.254. The van der Waals surface area contributed by atoms with E-state index in [2.05, 4.69) is 21.5 Å². The normalized spacial score (nSPS) is 19.9. The molecular formula is C41H41N4O8S2+. The maximum atomic E-state index is 13.6. The van der Waals surface area contributed by atoms with E-state index in [1.165, 1.54) is 11.8 Å². The molecule has 12 nitrogen and oxygen atoms in total. The number of rotatable bonds is 16. The highest BCUT2D eigenvalue weighted by Gasteiger charge is 2.49. The van der Waals surface area contributed by atoms with Crippen molar-refractivity contribution < 1.29 is 43.2 Å². The number of aryl methyl sites for hydroxylation is 1. The first kappa shape index (κ1) is 39.3. The van der Waals surface area contributed by atoms with E-state index in [-0.39, 0.29) is 35.4 Å². The number of nitrogens with one attached hydrogen (secondary N) is 1. The Morgan fingerprint density at radius 2 is 1.53 bits per heavy atom. The summed E-state index contributed by atoms with van der Waals surface area (Å²) >= 11 is 2.03. The number of nitrogens with zero attached hydrogens (tertiary/aromatic N) is 3. The van der Waals surface area contributed by atoms with E-state index in [0.717, 1.165) is 52.3 Å². The van der Waals surface area contributed by atoms with Gasteiger partial charge in [0.05, 0.1) is 18.8 Å². The number of pyridine rings is 1. The molecule has 0 radical (unpaired) electrons. The summed E-state index contributed by atoms with van der Waals surface area (Å²) < 4.78 is 15.5. The highest BCUT2D eigenvalue weighted by Crippen LogP contribution is 2.41. The maximum Gasteiger partial charge on any atom is 0.319 e. The van der Waals surface area contributed by atoms with Crippen LogP contribution in [0.3, 0.4) is 0 Å². The summed E-state index contributed by atoms with van der Waals surface area (Å²) in [7, 11) is 0. The number of ether oxygens (including phenoxy) is 3. The van der Waals surface area contributed by atoms with Crippen LogP contribution < -0.4 is 19.8 Å². The van der Waals surface area contributed by atoms with Crippen LogP contribution >= 0.6 is 23.5 Å². The molecule has 6 rings (SSSR count). The number of benzene rings is 2. The second-order valence-electron chi connectivity index (χ2n) is 13.7. The smallest absolute Gasteiger partial charge is 0.319 e. The van der Waals surface area contributed by atoms with Gasteiger partial charge in [-0.15, -0.1) is 0 Å². The predicted octanol–water partition coefficient (Wildman–Crippen LogP) is 5.83. The Balaban J connectivity index is 0.966. The molecule has 2 aliphatic heterocycles. The molecule has 2 aliphatic rings. The van der Waals surface area contributed by atoms with Gasteiger partial charge in [0, 0.05) is 32.0 Å². The lowest BCUT2D eigenvalue weighted by Crippen LogP contribution is -2.38. The molecule has 284 valence electrons. The van der Waals surface area contributed by atoms with Gasteiger partial charge in [0.25, 0.3) is 10.5 Å². The van der Waals surface area contributed by atoms with Crippen molar-refractivity contribution in [2.45, 2.75) is 75.5 Å². The molecule has 0 bridgehead atoms. The molecule has 2 saturated heterocycles. The van der Waals surface area contributed by atoms with E-state index in [4.69, 9.17) is 14.2 Å². The summed E-state index contributed by atoms with van der Waals surface area (Å²) in [5, 5.41) is 1.70. The van der Waals surface area contributed by atoms with Crippen LogP contribution in [-0.2, 0) is 51.3 Å². The van der Waals surface area contributed by atoms with Gasteiger partial charge in [-0.05, 0) is 108 Å². The Labute approximate surface area is 328 Å². The van der Waals surface area contributed by atoms with Crippen molar-refractivity contribution in [3.63, 3.8) is 0 Å². The third kappa shape index (κ3) is 9.84. The van der Waals surface area contributed by atoms with Gasteiger partial charge in [0.15, 0.2) is 6.10 Å². The van der Waals surface area contributed by atoms with Crippen molar-refractivity contribution in [2.75, 3.05) is 13.2 Å². The molecule has 4 heterocycles. The molecular weight excluding hydrogens is 741 g/mol. The Bertz CT molecular complexity index is 2040. The first-order valence-corrected chi connectivity index (χ1v) is 19.5. The molecule has 2 aromatic heterocycles. The molecule has 2 aromatic carbocycles. The van der Waals surface area contributed by atoms with E-state index in [0.29, 0.717) is 48.6 Å². The summed E-state index contributed by atoms with van der Waals surface area (Å²) in [6, 6.07) is 22.2. The lowest BCUT2D eigenvalue weighted by atomic mass is 9.98. The summed E-state index contributed by atoms with van der Waals surface area (Å²) in [4.78, 5) is 72.1. The van der Waals surface area contributed by atoms with Gasteiger partial charge in [-0.2, -0.15) is 0 Å². The van der Waals surface area contributed by atoms with Crippen LogP contribution in [0.1, 0.15) is 67.4 Å². The first-order valence-electron chi connectivity index (χ1n) is 17.8. The Morgan fingerprint density at radius 3 is 2.09 bits per heavy atom. The molecule has 0 saturated carbocycles. The molecule has 0 aliphatic carbocycles. The number of aromatic nitrogens is 2. The van der Waals surface area contributed by atoms with Gasteiger partial charge in [0.2, 0.25) is 11.8 Å². The highest BCUT2D eigenvalue weighted by atomic mass is 32.2. The van der Waals surface area contributed by atoms with Crippen LogP contribution in [0.2, 0.25) is 0 Å². The maximum absolute atomic E-state index is 13.6. The fraction of sp³-hybridized carbons (Fsp3) is 0.341. The molecule has 55 heavy (non-hydrogen) atoms. The van der Waals surface area contributed by atoms with Crippen LogP contribution in [0, 0.1) is 6.20 Å². The number of carbonyl (C=O) groups excluding carboxylic acids is 5. The van der Waals surface area contributed by atoms with Gasteiger partial charge < -0.3 is 14.2 Å². The van der Waals surface area contributed by atoms with E-state index < -0.39 is 21.6 Å². The van der Waals surface area contributed by atoms with Crippen LogP contribution in [0.5, 0.6) is 11.5 Å². The molecule has 4 amide bonds. The standard InChI is InChI=1S/C41H40N4O8S2/c1-5-31-13-11-30(23-43-31)35(53-26(2)46)25-52-34-16-9-28(10-17-34)21-41(4)37(48)45(39(50)55-41)24-32-12-6-29(22-42-32)18-19-51-33-14-7-27(8-15-33)20-40(3)36(47)44-38(49)54-40/h6-17,22,35H,5,18-21,24-25H2,1-4H3/p+1. The minimum Gasteiger partial charge on any atom is -0.493 e. The lowest BCUT2D eigenvalue weighted by molar-refractivity contribution is -0.308. The number of esters is 1. The second kappa shape index (κ2) is 17.0. The van der Waals surface area contributed by atoms with E-state index in [1.54, 1.807) is 32.2 Å². The van der Waals surface area contributed by atoms with Crippen LogP contribution in [-0.4, -0.2) is 60.9 Å². The number of hydrogen-bond acceptors (Lipinski definition) is 11. The van der Waals surface area contributed by atoms with Gasteiger partial charge >= 0.3 is 17.9 Å². The lowest BCUT2D eigenvalue weighted by Gasteiger charge is -2.21. The monoisotopic (exact) mass is 781 g/mol. The summed E-state index contributed by atoms with van der Waals surface area (Å²) in [5.41, 5.74) is 4.82. The summed E-state index contributed by atoms with van der Waals surface area (Å²) in [6.07, 6.45) is 6.13. The van der Waals surface area contributed by atoms with Crippen molar-refractivity contribution in [2.24, 2.45) is 0 Å². The zero-order chi connectivity index (χ0) is 39.2. The Morgan fingerprint density at radius 1 is 0.873 bits per heavy atom. The van der Waals surface area contributed by atoms with E-state index in [1.807, 2.05) is 67.6 Å². The van der Waals surface area contributed by atoms with Crippen LogP contribution in [0.4, 0.5) is 9.59 Å².